The third kappa shape index (κ3) is 5.76. The Morgan fingerprint density at radius 3 is 2.96 bits per heavy atom. The highest BCUT2D eigenvalue weighted by atomic mass is 79.9. The fraction of sp³-hybridized carbons (Fsp3) is 0.611. The van der Waals surface area contributed by atoms with Gasteiger partial charge in [0.2, 0.25) is 0 Å². The number of methoxy groups -OCH3 is 1. The molecule has 0 saturated carbocycles. The van der Waals surface area contributed by atoms with Gasteiger partial charge < -0.3 is 19.7 Å². The third-order valence-corrected chi connectivity index (χ3v) is 4.82. The van der Waals surface area contributed by atoms with Crippen LogP contribution in [0.1, 0.15) is 17.5 Å². The van der Waals surface area contributed by atoms with Gasteiger partial charge in [-0.05, 0) is 36.6 Å². The van der Waals surface area contributed by atoms with Gasteiger partial charge in [-0.2, -0.15) is 0 Å². The van der Waals surface area contributed by atoms with Crippen molar-refractivity contribution < 1.29 is 9.47 Å². The molecule has 0 spiro atoms. The molecule has 1 aliphatic rings. The second-order valence-electron chi connectivity index (χ2n) is 6.14. The first kappa shape index (κ1) is 19.2. The van der Waals surface area contributed by atoms with E-state index in [-0.39, 0.29) is 0 Å². The van der Waals surface area contributed by atoms with Gasteiger partial charge in [-0.1, -0.05) is 22.0 Å². The summed E-state index contributed by atoms with van der Waals surface area (Å²) in [5.74, 6) is 1.53. The van der Waals surface area contributed by atoms with Crippen LogP contribution >= 0.6 is 15.9 Å². The zero-order chi connectivity index (χ0) is 17.4. The van der Waals surface area contributed by atoms with E-state index in [0.717, 1.165) is 43.1 Å². The van der Waals surface area contributed by atoms with Crippen LogP contribution in [0.5, 0.6) is 0 Å². The molecule has 5 nitrogen and oxygen atoms in total. The monoisotopic (exact) mass is 397 g/mol. The molecule has 0 radical (unpaired) electrons. The van der Waals surface area contributed by atoms with Crippen LogP contribution in [0.2, 0.25) is 0 Å². The zero-order valence-electron chi connectivity index (χ0n) is 14.8. The maximum absolute atomic E-state index is 5.66. The number of guanidine groups is 1. The highest BCUT2D eigenvalue weighted by Crippen LogP contribution is 2.18. The number of nitrogens with one attached hydrogen (secondary N) is 1. The summed E-state index contributed by atoms with van der Waals surface area (Å²) in [5, 5.41) is 3.48. The number of halogens is 1. The van der Waals surface area contributed by atoms with Gasteiger partial charge in [-0.25, -0.2) is 0 Å². The molecule has 134 valence electrons. The Bertz CT molecular complexity index is 551. The van der Waals surface area contributed by atoms with Crippen LogP contribution in [0.25, 0.3) is 0 Å². The molecular weight excluding hydrogens is 370 g/mol. The van der Waals surface area contributed by atoms with E-state index in [1.54, 1.807) is 7.11 Å². The highest BCUT2D eigenvalue weighted by molar-refractivity contribution is 9.10. The first-order valence-corrected chi connectivity index (χ1v) is 9.20. The summed E-state index contributed by atoms with van der Waals surface area (Å²) in [6.45, 7) is 7.06. The molecule has 0 bridgehead atoms. The predicted molar refractivity (Wildman–Crippen MR) is 101 cm³/mol. The van der Waals surface area contributed by atoms with Gasteiger partial charge in [0.1, 0.15) is 0 Å². The Morgan fingerprint density at radius 1 is 1.42 bits per heavy atom. The topological polar surface area (TPSA) is 46.1 Å². The fourth-order valence-electron chi connectivity index (χ4n) is 2.92. The average molecular weight is 398 g/mol. The van der Waals surface area contributed by atoms with Crippen molar-refractivity contribution >= 4 is 21.9 Å². The maximum Gasteiger partial charge on any atom is 0.193 e. The van der Waals surface area contributed by atoms with E-state index >= 15 is 0 Å². The minimum absolute atomic E-state index is 0.565. The Labute approximate surface area is 153 Å². The number of aliphatic imine (C=N–C) groups is 1. The largest absolute Gasteiger partial charge is 0.382 e. The Balaban J connectivity index is 1.80. The van der Waals surface area contributed by atoms with E-state index in [1.165, 1.54) is 11.1 Å². The summed E-state index contributed by atoms with van der Waals surface area (Å²) < 4.78 is 11.8. The number of likely N-dealkylation sites (tertiary alicyclic amines) is 1. The van der Waals surface area contributed by atoms with E-state index in [0.29, 0.717) is 19.1 Å². The van der Waals surface area contributed by atoms with Crippen LogP contribution in [0.4, 0.5) is 0 Å². The number of hydrogen-bond donors (Lipinski definition) is 1. The molecule has 2 rings (SSSR count). The number of benzene rings is 1. The standard InChI is InChI=1S/C18H28BrN3O2/c1-14-10-17(19)5-4-16(14)11-21-18(20-2)22-7-6-15(12-22)13-24-9-8-23-3/h4-5,10,15H,6-9,11-13H2,1-3H3,(H,20,21). The van der Waals surface area contributed by atoms with E-state index < -0.39 is 0 Å². The zero-order valence-corrected chi connectivity index (χ0v) is 16.4. The lowest BCUT2D eigenvalue weighted by molar-refractivity contribution is 0.0536. The molecule has 1 aliphatic heterocycles. The van der Waals surface area contributed by atoms with E-state index in [2.05, 4.69) is 56.3 Å². The fourth-order valence-corrected chi connectivity index (χ4v) is 3.39. The van der Waals surface area contributed by atoms with Crippen LogP contribution in [-0.4, -0.2) is 57.9 Å². The van der Waals surface area contributed by atoms with Crippen LogP contribution in [0.15, 0.2) is 27.7 Å². The molecule has 0 amide bonds. The van der Waals surface area contributed by atoms with Crippen molar-refractivity contribution in [2.45, 2.75) is 19.9 Å². The average Bonchev–Trinajstić information content (AvgIpc) is 3.03. The molecule has 1 aromatic carbocycles. The lowest BCUT2D eigenvalue weighted by atomic mass is 10.1. The molecule has 0 aromatic heterocycles. The minimum Gasteiger partial charge on any atom is -0.382 e. The molecular formula is C18H28BrN3O2. The Kier molecular flexibility index (Phi) is 8.02. The third-order valence-electron chi connectivity index (χ3n) is 4.32. The van der Waals surface area contributed by atoms with E-state index in [9.17, 15) is 0 Å². The lowest BCUT2D eigenvalue weighted by Crippen LogP contribution is -2.40. The maximum atomic E-state index is 5.66. The van der Waals surface area contributed by atoms with Crippen LogP contribution in [0.3, 0.4) is 0 Å². The first-order chi connectivity index (χ1) is 11.6. The summed E-state index contributed by atoms with van der Waals surface area (Å²) in [6.07, 6.45) is 1.14. The van der Waals surface area contributed by atoms with Gasteiger partial charge in [0.25, 0.3) is 0 Å². The Hall–Kier alpha value is -1.11. The number of rotatable bonds is 7. The molecule has 1 unspecified atom stereocenters. The van der Waals surface area contributed by atoms with Gasteiger partial charge >= 0.3 is 0 Å². The van der Waals surface area contributed by atoms with Crippen molar-refractivity contribution in [1.82, 2.24) is 10.2 Å². The molecule has 0 aliphatic carbocycles. The van der Waals surface area contributed by atoms with Crippen LogP contribution < -0.4 is 5.32 Å². The number of nitrogens with zero attached hydrogens (tertiary/aromatic N) is 2. The molecule has 1 saturated heterocycles. The van der Waals surface area contributed by atoms with Crippen molar-refractivity contribution in [1.29, 1.82) is 0 Å². The molecule has 24 heavy (non-hydrogen) atoms. The van der Waals surface area contributed by atoms with Gasteiger partial charge in [0.05, 0.1) is 19.8 Å². The summed E-state index contributed by atoms with van der Waals surface area (Å²) in [5.41, 5.74) is 2.57. The quantitative estimate of drug-likeness (QED) is 0.436. The smallest absolute Gasteiger partial charge is 0.193 e. The minimum atomic E-state index is 0.565. The summed E-state index contributed by atoms with van der Waals surface area (Å²) in [4.78, 5) is 6.76. The van der Waals surface area contributed by atoms with Gasteiger partial charge in [-0.3, -0.25) is 4.99 Å². The molecule has 1 N–H and O–H groups in total. The first-order valence-electron chi connectivity index (χ1n) is 8.41. The van der Waals surface area contributed by atoms with Crippen molar-refractivity contribution in [3.8, 4) is 0 Å². The van der Waals surface area contributed by atoms with E-state index in [1.807, 2.05) is 7.05 Å². The number of aryl methyl sites for hydroxylation is 1. The summed E-state index contributed by atoms with van der Waals surface area (Å²) in [7, 11) is 3.54. The lowest BCUT2D eigenvalue weighted by Gasteiger charge is -2.22. The highest BCUT2D eigenvalue weighted by Gasteiger charge is 2.24. The molecule has 1 heterocycles. The second-order valence-corrected chi connectivity index (χ2v) is 7.06. The number of hydrogen-bond acceptors (Lipinski definition) is 3. The van der Waals surface area contributed by atoms with Crippen molar-refractivity contribution in [3.05, 3.63) is 33.8 Å². The SMILES string of the molecule is CN=C(NCc1ccc(Br)cc1C)N1CCC(COCCOC)C1. The Morgan fingerprint density at radius 2 is 2.25 bits per heavy atom. The number of ether oxygens (including phenoxy) is 2. The van der Waals surface area contributed by atoms with E-state index in [4.69, 9.17) is 9.47 Å². The van der Waals surface area contributed by atoms with Gasteiger partial charge in [0, 0.05) is 44.2 Å². The molecule has 6 heteroatoms. The predicted octanol–water partition coefficient (Wildman–Crippen LogP) is 2.82. The molecule has 1 atom stereocenters. The van der Waals surface area contributed by atoms with Crippen LogP contribution in [-0.2, 0) is 16.0 Å². The summed E-state index contributed by atoms with van der Waals surface area (Å²) in [6, 6.07) is 6.37. The normalized spacial score (nSPS) is 18.2. The van der Waals surface area contributed by atoms with Crippen LogP contribution in [0, 0.1) is 12.8 Å². The summed E-state index contributed by atoms with van der Waals surface area (Å²) >= 11 is 3.51. The second kappa shape index (κ2) is 10.0. The molecule has 1 aromatic rings. The van der Waals surface area contributed by atoms with Crippen molar-refractivity contribution in [2.24, 2.45) is 10.9 Å². The van der Waals surface area contributed by atoms with Crippen molar-refractivity contribution in [3.63, 3.8) is 0 Å². The van der Waals surface area contributed by atoms with Gasteiger partial charge in [-0.15, -0.1) is 0 Å². The molecule has 1 fully saturated rings. The van der Waals surface area contributed by atoms with Crippen molar-refractivity contribution in [2.75, 3.05) is 47.1 Å². The van der Waals surface area contributed by atoms with Gasteiger partial charge in [0.15, 0.2) is 5.96 Å².